The van der Waals surface area contributed by atoms with Crippen molar-refractivity contribution < 1.29 is 4.52 Å². The van der Waals surface area contributed by atoms with Crippen LogP contribution in [0.25, 0.3) is 0 Å². The van der Waals surface area contributed by atoms with Crippen molar-refractivity contribution in [2.24, 2.45) is 0 Å². The summed E-state index contributed by atoms with van der Waals surface area (Å²) in [6, 6.07) is 0. The van der Waals surface area contributed by atoms with Crippen LogP contribution in [0.3, 0.4) is 0 Å². The topological polar surface area (TPSA) is 41.3 Å². The predicted molar refractivity (Wildman–Crippen MR) is 46.3 cm³/mol. The molecule has 0 radical (unpaired) electrons. The van der Waals surface area contributed by atoms with Gasteiger partial charge in [0.1, 0.15) is 0 Å². The summed E-state index contributed by atoms with van der Waals surface area (Å²) in [7, 11) is 0. The molecule has 0 saturated carbocycles. The van der Waals surface area contributed by atoms with Gasteiger partial charge >= 0.3 is 0 Å². The summed E-state index contributed by atoms with van der Waals surface area (Å²) in [5.74, 6) is 0.927. The molecule has 0 aliphatic carbocycles. The number of aryl methyl sites for hydroxylation is 1. The van der Waals surface area contributed by atoms with Crippen LogP contribution in [-0.4, -0.2) is 31.3 Å². The number of hydrogen-bond donors (Lipinski definition) is 1. The second-order valence-electron chi connectivity index (χ2n) is 3.05. The normalized spacial score (nSPS) is 18.2. The van der Waals surface area contributed by atoms with Crippen molar-refractivity contribution in [2.75, 3.05) is 31.1 Å². The van der Waals surface area contributed by atoms with Crippen LogP contribution in [0.4, 0.5) is 5.88 Å². The Hall–Kier alpha value is -1.03. The molecule has 66 valence electrons. The molecule has 1 aromatic rings. The van der Waals surface area contributed by atoms with Gasteiger partial charge in [0.25, 0.3) is 0 Å². The minimum absolute atomic E-state index is 0.927. The zero-order valence-corrected chi connectivity index (χ0v) is 7.21. The summed E-state index contributed by atoms with van der Waals surface area (Å²) >= 11 is 0. The fourth-order valence-electron chi connectivity index (χ4n) is 1.46. The van der Waals surface area contributed by atoms with Crippen LogP contribution in [0.5, 0.6) is 0 Å². The van der Waals surface area contributed by atoms with Crippen molar-refractivity contribution in [3.8, 4) is 0 Å². The molecule has 0 bridgehead atoms. The van der Waals surface area contributed by atoms with Gasteiger partial charge in [0.15, 0.2) is 0 Å². The molecule has 0 aromatic carbocycles. The van der Waals surface area contributed by atoms with E-state index in [4.69, 9.17) is 4.52 Å². The van der Waals surface area contributed by atoms with Crippen LogP contribution in [0, 0.1) is 6.92 Å². The molecule has 1 fully saturated rings. The van der Waals surface area contributed by atoms with E-state index in [0.29, 0.717) is 0 Å². The Morgan fingerprint density at radius 3 is 2.83 bits per heavy atom. The monoisotopic (exact) mass is 167 g/mol. The van der Waals surface area contributed by atoms with Gasteiger partial charge in [0.2, 0.25) is 5.88 Å². The summed E-state index contributed by atoms with van der Waals surface area (Å²) < 4.78 is 5.15. The van der Waals surface area contributed by atoms with Crippen molar-refractivity contribution in [2.45, 2.75) is 6.92 Å². The van der Waals surface area contributed by atoms with E-state index in [9.17, 15) is 0 Å². The number of piperazine rings is 1. The van der Waals surface area contributed by atoms with Crippen LogP contribution in [0.1, 0.15) is 5.56 Å². The van der Waals surface area contributed by atoms with Gasteiger partial charge in [-0.2, -0.15) is 0 Å². The molecule has 1 aliphatic rings. The molecular weight excluding hydrogens is 154 g/mol. The number of rotatable bonds is 1. The van der Waals surface area contributed by atoms with Gasteiger partial charge in [-0.25, -0.2) is 0 Å². The lowest BCUT2D eigenvalue weighted by atomic mass is 10.3. The third-order valence-corrected chi connectivity index (χ3v) is 2.13. The smallest absolute Gasteiger partial charge is 0.230 e. The fraction of sp³-hybridized carbons (Fsp3) is 0.625. The first-order valence-corrected chi connectivity index (χ1v) is 4.25. The summed E-state index contributed by atoms with van der Waals surface area (Å²) in [6.45, 7) is 6.10. The number of anilines is 1. The standard InChI is InChI=1S/C8H13N3O/c1-7-6-10-12-8(7)11-4-2-9-3-5-11/h6,9H,2-5H2,1H3. The Balaban J connectivity index is 2.13. The van der Waals surface area contributed by atoms with Gasteiger partial charge in [-0.05, 0) is 6.92 Å². The van der Waals surface area contributed by atoms with Gasteiger partial charge < -0.3 is 14.7 Å². The van der Waals surface area contributed by atoms with E-state index < -0.39 is 0 Å². The van der Waals surface area contributed by atoms with Crippen molar-refractivity contribution in [1.82, 2.24) is 10.5 Å². The Labute approximate surface area is 71.5 Å². The van der Waals surface area contributed by atoms with Gasteiger partial charge in [-0.1, -0.05) is 5.16 Å². The number of aromatic nitrogens is 1. The molecule has 1 saturated heterocycles. The third kappa shape index (κ3) is 1.30. The van der Waals surface area contributed by atoms with E-state index in [2.05, 4.69) is 15.4 Å². The maximum atomic E-state index is 5.15. The van der Waals surface area contributed by atoms with Crippen molar-refractivity contribution in [1.29, 1.82) is 0 Å². The van der Waals surface area contributed by atoms with Gasteiger partial charge in [0, 0.05) is 31.7 Å². The van der Waals surface area contributed by atoms with Crippen molar-refractivity contribution in [3.63, 3.8) is 0 Å². The molecule has 2 rings (SSSR count). The van der Waals surface area contributed by atoms with Crippen LogP contribution in [-0.2, 0) is 0 Å². The number of nitrogens with zero attached hydrogens (tertiary/aromatic N) is 2. The SMILES string of the molecule is Cc1cnoc1N1CCNCC1. The van der Waals surface area contributed by atoms with Gasteiger partial charge in [-0.3, -0.25) is 0 Å². The number of nitrogens with one attached hydrogen (secondary N) is 1. The van der Waals surface area contributed by atoms with Crippen LogP contribution in [0.2, 0.25) is 0 Å². The summed E-state index contributed by atoms with van der Waals surface area (Å²) in [5, 5.41) is 7.05. The maximum absolute atomic E-state index is 5.15. The minimum atomic E-state index is 0.927. The lowest BCUT2D eigenvalue weighted by molar-refractivity contribution is 0.406. The molecular formula is C8H13N3O. The number of hydrogen-bond acceptors (Lipinski definition) is 4. The molecule has 0 amide bonds. The van der Waals surface area contributed by atoms with Crippen molar-refractivity contribution >= 4 is 5.88 Å². The van der Waals surface area contributed by atoms with E-state index in [1.807, 2.05) is 6.92 Å². The van der Waals surface area contributed by atoms with Crippen LogP contribution >= 0.6 is 0 Å². The fourth-order valence-corrected chi connectivity index (χ4v) is 1.46. The molecule has 1 aromatic heterocycles. The van der Waals surface area contributed by atoms with E-state index >= 15 is 0 Å². The second kappa shape index (κ2) is 3.15. The molecule has 0 atom stereocenters. The maximum Gasteiger partial charge on any atom is 0.230 e. The highest BCUT2D eigenvalue weighted by molar-refractivity contribution is 5.41. The van der Waals surface area contributed by atoms with E-state index in [1.165, 1.54) is 0 Å². The van der Waals surface area contributed by atoms with Gasteiger partial charge in [0.05, 0.1) is 6.20 Å². The highest BCUT2D eigenvalue weighted by Gasteiger charge is 2.15. The lowest BCUT2D eigenvalue weighted by Gasteiger charge is -2.26. The summed E-state index contributed by atoms with van der Waals surface area (Å²) in [6.07, 6.45) is 1.76. The average Bonchev–Trinajstić information content (AvgIpc) is 2.53. The summed E-state index contributed by atoms with van der Waals surface area (Å²) in [5.41, 5.74) is 1.12. The van der Waals surface area contributed by atoms with Crippen molar-refractivity contribution in [3.05, 3.63) is 11.8 Å². The predicted octanol–water partition coefficient (Wildman–Crippen LogP) is 0.393. The lowest BCUT2D eigenvalue weighted by Crippen LogP contribution is -2.43. The molecule has 4 heteroatoms. The molecule has 1 aliphatic heterocycles. The van der Waals surface area contributed by atoms with E-state index in [0.717, 1.165) is 37.6 Å². The molecule has 1 N–H and O–H groups in total. The molecule has 12 heavy (non-hydrogen) atoms. The Morgan fingerprint density at radius 1 is 1.50 bits per heavy atom. The summed E-state index contributed by atoms with van der Waals surface area (Å²) in [4.78, 5) is 2.22. The Bertz CT molecular complexity index is 253. The third-order valence-electron chi connectivity index (χ3n) is 2.13. The molecule has 2 heterocycles. The quantitative estimate of drug-likeness (QED) is 0.657. The highest BCUT2D eigenvalue weighted by Crippen LogP contribution is 2.18. The minimum Gasteiger partial charge on any atom is -0.338 e. The van der Waals surface area contributed by atoms with E-state index in [-0.39, 0.29) is 0 Å². The largest absolute Gasteiger partial charge is 0.338 e. The Kier molecular flexibility index (Phi) is 1.99. The molecule has 0 unspecified atom stereocenters. The first-order valence-electron chi connectivity index (χ1n) is 4.25. The first-order chi connectivity index (χ1) is 5.88. The Morgan fingerprint density at radius 2 is 2.25 bits per heavy atom. The van der Waals surface area contributed by atoms with Gasteiger partial charge in [-0.15, -0.1) is 0 Å². The zero-order chi connectivity index (χ0) is 8.39. The molecule has 0 spiro atoms. The van der Waals surface area contributed by atoms with Crippen LogP contribution in [0.15, 0.2) is 10.7 Å². The van der Waals surface area contributed by atoms with Crippen LogP contribution < -0.4 is 10.2 Å². The highest BCUT2D eigenvalue weighted by atomic mass is 16.5. The first kappa shape index (κ1) is 7.61. The molecule has 4 nitrogen and oxygen atoms in total. The average molecular weight is 167 g/mol. The zero-order valence-electron chi connectivity index (χ0n) is 7.21. The second-order valence-corrected chi connectivity index (χ2v) is 3.05. The van der Waals surface area contributed by atoms with E-state index in [1.54, 1.807) is 6.20 Å².